The lowest BCUT2D eigenvalue weighted by Gasteiger charge is -2.28. The molecule has 0 spiro atoms. The lowest BCUT2D eigenvalue weighted by atomic mass is 10.0. The van der Waals surface area contributed by atoms with Crippen LogP contribution in [0.2, 0.25) is 0 Å². The second-order valence-electron chi connectivity index (χ2n) is 8.61. The van der Waals surface area contributed by atoms with Crippen molar-refractivity contribution in [1.29, 1.82) is 0 Å². The van der Waals surface area contributed by atoms with E-state index in [0.717, 1.165) is 22.4 Å². The van der Waals surface area contributed by atoms with Crippen molar-refractivity contribution < 1.29 is 14.3 Å². The van der Waals surface area contributed by atoms with Gasteiger partial charge in [0.2, 0.25) is 5.91 Å². The number of hydrogen-bond acceptors (Lipinski definition) is 4. The first-order valence-electron chi connectivity index (χ1n) is 11.1. The zero-order chi connectivity index (χ0) is 22.7. The van der Waals surface area contributed by atoms with E-state index < -0.39 is 6.04 Å². The van der Waals surface area contributed by atoms with Crippen molar-refractivity contribution >= 4 is 22.8 Å². The highest BCUT2D eigenvalue weighted by Gasteiger charge is 2.36. The Morgan fingerprint density at radius 1 is 1.16 bits per heavy atom. The van der Waals surface area contributed by atoms with Gasteiger partial charge in [-0.05, 0) is 36.1 Å². The van der Waals surface area contributed by atoms with Gasteiger partial charge in [0.1, 0.15) is 11.9 Å². The maximum Gasteiger partial charge on any atom is 0.255 e. The summed E-state index contributed by atoms with van der Waals surface area (Å²) in [5.74, 6) is 0.823. The summed E-state index contributed by atoms with van der Waals surface area (Å²) in [4.78, 5) is 32.7. The monoisotopic (exact) mass is 434 g/mol. The molecule has 168 valence electrons. The highest BCUT2D eigenvalue weighted by atomic mass is 16.5. The Bertz CT molecular complexity index is 1120. The van der Waals surface area contributed by atoms with Crippen molar-refractivity contribution in [3.63, 3.8) is 0 Å². The second kappa shape index (κ2) is 9.53. The molecule has 1 unspecified atom stereocenters. The molecular formula is C25H30N4O3. The molecule has 3 aromatic rings. The van der Waals surface area contributed by atoms with Crippen LogP contribution in [0.25, 0.3) is 11.0 Å². The summed E-state index contributed by atoms with van der Waals surface area (Å²) < 4.78 is 7.33. The number of fused-ring (bicyclic) bond motifs is 2. The van der Waals surface area contributed by atoms with Crippen LogP contribution in [0, 0.1) is 5.92 Å². The fourth-order valence-electron chi connectivity index (χ4n) is 4.33. The van der Waals surface area contributed by atoms with Crippen molar-refractivity contribution in [3.05, 3.63) is 65.5 Å². The lowest BCUT2D eigenvalue weighted by Crippen LogP contribution is -2.47. The summed E-state index contributed by atoms with van der Waals surface area (Å²) in [6, 6.07) is 15.0. The molecule has 7 heteroatoms. The first kappa shape index (κ1) is 22.0. The Labute approximate surface area is 188 Å². The molecule has 1 aliphatic rings. The van der Waals surface area contributed by atoms with Gasteiger partial charge in [0.15, 0.2) is 0 Å². The first-order valence-corrected chi connectivity index (χ1v) is 11.1. The van der Waals surface area contributed by atoms with E-state index in [9.17, 15) is 9.59 Å². The third kappa shape index (κ3) is 4.39. The number of benzene rings is 2. The number of carbonyl (C=O) groups is 2. The van der Waals surface area contributed by atoms with Gasteiger partial charge in [-0.3, -0.25) is 9.59 Å². The van der Waals surface area contributed by atoms with Crippen LogP contribution in [0.1, 0.15) is 42.0 Å². The number of ether oxygens (including phenoxy) is 1. The van der Waals surface area contributed by atoms with Crippen LogP contribution in [0.15, 0.2) is 48.5 Å². The van der Waals surface area contributed by atoms with Gasteiger partial charge in [0.25, 0.3) is 5.91 Å². The third-order valence-corrected chi connectivity index (χ3v) is 5.90. The molecule has 2 aromatic carbocycles. The molecule has 1 aromatic heterocycles. The van der Waals surface area contributed by atoms with E-state index in [2.05, 4.69) is 23.7 Å². The van der Waals surface area contributed by atoms with Crippen molar-refractivity contribution in [2.45, 2.75) is 45.9 Å². The van der Waals surface area contributed by atoms with Crippen LogP contribution in [0.4, 0.5) is 0 Å². The van der Waals surface area contributed by atoms with Crippen LogP contribution in [-0.2, 0) is 29.2 Å². The van der Waals surface area contributed by atoms with Crippen LogP contribution in [-0.4, -0.2) is 46.0 Å². The number of hydrogen-bond donors (Lipinski definition) is 1. The molecule has 1 aliphatic heterocycles. The molecule has 0 aliphatic carbocycles. The van der Waals surface area contributed by atoms with Gasteiger partial charge in [-0.2, -0.15) is 0 Å². The van der Waals surface area contributed by atoms with Crippen molar-refractivity contribution in [2.24, 2.45) is 5.92 Å². The fraction of sp³-hybridized carbons (Fsp3) is 0.400. The lowest BCUT2D eigenvalue weighted by molar-refractivity contribution is -0.126. The van der Waals surface area contributed by atoms with Gasteiger partial charge in [-0.1, -0.05) is 44.2 Å². The standard InChI is InChI=1S/C25H30N4O3/c1-17(2)14-22(29-16-18-8-4-5-9-19(18)25(29)31)24(30)26-15-23-27-20-10-6-7-11-21(20)28(23)12-13-32-3/h4-11,17,22H,12-16H2,1-3H3,(H,26,30). The smallest absolute Gasteiger partial charge is 0.255 e. The Hall–Kier alpha value is -3.19. The molecule has 0 fully saturated rings. The van der Waals surface area contributed by atoms with E-state index in [1.807, 2.05) is 48.5 Å². The molecule has 4 rings (SSSR count). The van der Waals surface area contributed by atoms with Gasteiger partial charge >= 0.3 is 0 Å². The third-order valence-electron chi connectivity index (χ3n) is 5.90. The summed E-state index contributed by atoms with van der Waals surface area (Å²) in [7, 11) is 1.67. The van der Waals surface area contributed by atoms with E-state index in [-0.39, 0.29) is 17.7 Å². The predicted molar refractivity (Wildman–Crippen MR) is 123 cm³/mol. The van der Waals surface area contributed by atoms with E-state index in [1.54, 1.807) is 12.0 Å². The Morgan fingerprint density at radius 3 is 2.66 bits per heavy atom. The molecule has 0 saturated carbocycles. The number of rotatable bonds is 9. The zero-order valence-electron chi connectivity index (χ0n) is 18.9. The van der Waals surface area contributed by atoms with E-state index >= 15 is 0 Å². The first-order chi connectivity index (χ1) is 15.5. The Balaban J connectivity index is 1.53. The summed E-state index contributed by atoms with van der Waals surface area (Å²) in [5, 5.41) is 3.05. The Morgan fingerprint density at radius 2 is 1.91 bits per heavy atom. The summed E-state index contributed by atoms with van der Waals surface area (Å²) >= 11 is 0. The van der Waals surface area contributed by atoms with Crippen LogP contribution >= 0.6 is 0 Å². The Kier molecular flexibility index (Phi) is 6.55. The number of aromatic nitrogens is 2. The van der Waals surface area contributed by atoms with Crippen LogP contribution in [0.5, 0.6) is 0 Å². The number of imidazole rings is 1. The highest BCUT2D eigenvalue weighted by molar-refractivity contribution is 6.01. The van der Waals surface area contributed by atoms with E-state index in [4.69, 9.17) is 9.72 Å². The zero-order valence-corrected chi connectivity index (χ0v) is 18.9. The van der Waals surface area contributed by atoms with Gasteiger partial charge in [-0.15, -0.1) is 0 Å². The molecule has 1 N–H and O–H groups in total. The summed E-state index contributed by atoms with van der Waals surface area (Å²) in [6.07, 6.45) is 0.603. The highest BCUT2D eigenvalue weighted by Crippen LogP contribution is 2.27. The second-order valence-corrected chi connectivity index (χ2v) is 8.61. The number of para-hydroxylation sites is 2. The van der Waals surface area contributed by atoms with Crippen molar-refractivity contribution in [2.75, 3.05) is 13.7 Å². The van der Waals surface area contributed by atoms with Crippen molar-refractivity contribution in [1.82, 2.24) is 19.8 Å². The minimum Gasteiger partial charge on any atom is -0.383 e. The van der Waals surface area contributed by atoms with Crippen molar-refractivity contribution in [3.8, 4) is 0 Å². The van der Waals surface area contributed by atoms with Gasteiger partial charge in [0, 0.05) is 25.8 Å². The molecule has 1 atom stereocenters. The molecule has 7 nitrogen and oxygen atoms in total. The van der Waals surface area contributed by atoms with E-state index in [0.29, 0.717) is 38.2 Å². The van der Waals surface area contributed by atoms with Crippen LogP contribution < -0.4 is 5.32 Å². The average Bonchev–Trinajstić information content (AvgIpc) is 3.31. The van der Waals surface area contributed by atoms with E-state index in [1.165, 1.54) is 0 Å². The van der Waals surface area contributed by atoms with Gasteiger partial charge in [0.05, 0.1) is 24.2 Å². The normalized spacial score (nSPS) is 14.2. The number of nitrogens with zero attached hydrogens (tertiary/aromatic N) is 3. The maximum atomic E-state index is 13.3. The number of nitrogens with one attached hydrogen (secondary N) is 1. The molecular weight excluding hydrogens is 404 g/mol. The number of amides is 2. The largest absolute Gasteiger partial charge is 0.383 e. The van der Waals surface area contributed by atoms with Gasteiger partial charge < -0.3 is 19.5 Å². The molecule has 0 bridgehead atoms. The minimum absolute atomic E-state index is 0.0752. The fourth-order valence-corrected chi connectivity index (χ4v) is 4.33. The SMILES string of the molecule is COCCn1c(CNC(=O)C(CC(C)C)N2Cc3ccccc3C2=O)nc2ccccc21. The van der Waals surface area contributed by atoms with Crippen LogP contribution in [0.3, 0.4) is 0 Å². The average molecular weight is 435 g/mol. The predicted octanol–water partition coefficient (Wildman–Crippen LogP) is 3.37. The topological polar surface area (TPSA) is 76.5 Å². The summed E-state index contributed by atoms with van der Waals surface area (Å²) in [5.41, 5.74) is 3.56. The summed E-state index contributed by atoms with van der Waals surface area (Å²) in [6.45, 7) is 6.10. The molecule has 2 amide bonds. The molecule has 32 heavy (non-hydrogen) atoms. The maximum absolute atomic E-state index is 13.3. The number of carbonyl (C=O) groups excluding carboxylic acids is 2. The minimum atomic E-state index is -0.522. The molecule has 0 radical (unpaired) electrons. The molecule has 2 heterocycles. The van der Waals surface area contributed by atoms with Gasteiger partial charge in [-0.25, -0.2) is 4.98 Å². The molecule has 0 saturated heterocycles. The quantitative estimate of drug-likeness (QED) is 0.560. The number of methoxy groups -OCH3 is 1.